The maximum absolute atomic E-state index is 9.43. The van der Waals surface area contributed by atoms with Gasteiger partial charge in [-0.25, -0.2) is 0 Å². The van der Waals surface area contributed by atoms with Gasteiger partial charge in [-0.1, -0.05) is 36.4 Å². The largest absolute Gasteiger partial charge is 0.507 e. The topological polar surface area (TPSA) is 32.3 Å². The Morgan fingerprint density at radius 3 is 2.56 bits per heavy atom. The Kier molecular flexibility index (Phi) is 4.39. The Balaban J connectivity index is 1.97. The van der Waals surface area contributed by atoms with Crippen LogP contribution in [0, 0.1) is 0 Å². The lowest BCUT2D eigenvalue weighted by Gasteiger charge is -2.14. The molecule has 2 aromatic rings. The van der Waals surface area contributed by atoms with Gasteiger partial charge in [0.25, 0.3) is 0 Å². The van der Waals surface area contributed by atoms with Gasteiger partial charge in [-0.15, -0.1) is 0 Å². The van der Waals surface area contributed by atoms with Gasteiger partial charge in [0.2, 0.25) is 0 Å². The summed E-state index contributed by atoms with van der Waals surface area (Å²) in [6, 6.07) is 16.2. The van der Waals surface area contributed by atoms with E-state index in [4.69, 9.17) is 0 Å². The van der Waals surface area contributed by atoms with E-state index in [0.29, 0.717) is 6.04 Å². The zero-order chi connectivity index (χ0) is 13.0. The Morgan fingerprint density at radius 2 is 1.89 bits per heavy atom. The molecule has 0 aliphatic heterocycles. The maximum Gasteiger partial charge on any atom is 0.129 e. The van der Waals surface area contributed by atoms with Gasteiger partial charge in [0.15, 0.2) is 0 Å². The second-order valence-corrected chi connectivity index (χ2v) is 5.15. The number of benzene rings is 2. The summed E-state index contributed by atoms with van der Waals surface area (Å²) in [4.78, 5) is 0. The summed E-state index contributed by atoms with van der Waals surface area (Å²) in [7, 11) is 0. The van der Waals surface area contributed by atoms with E-state index in [9.17, 15) is 5.11 Å². The molecule has 0 aromatic heterocycles. The molecule has 2 rings (SSSR count). The fourth-order valence-corrected chi connectivity index (χ4v) is 2.22. The van der Waals surface area contributed by atoms with Gasteiger partial charge in [0.1, 0.15) is 5.75 Å². The van der Waals surface area contributed by atoms with Crippen molar-refractivity contribution in [1.82, 2.24) is 5.32 Å². The van der Waals surface area contributed by atoms with Gasteiger partial charge in [-0.3, -0.25) is 0 Å². The quantitative estimate of drug-likeness (QED) is 0.894. The highest BCUT2D eigenvalue weighted by atomic mass is 79.9. The molecule has 0 bridgehead atoms. The van der Waals surface area contributed by atoms with Crippen molar-refractivity contribution in [1.29, 1.82) is 0 Å². The average molecular weight is 306 g/mol. The summed E-state index contributed by atoms with van der Waals surface area (Å²) in [5.74, 6) is 0.273. The number of hydrogen-bond acceptors (Lipinski definition) is 2. The van der Waals surface area contributed by atoms with E-state index < -0.39 is 0 Å². The molecule has 3 heteroatoms. The van der Waals surface area contributed by atoms with Crippen molar-refractivity contribution in [3.05, 3.63) is 64.1 Å². The van der Waals surface area contributed by atoms with Gasteiger partial charge >= 0.3 is 0 Å². The highest BCUT2D eigenvalue weighted by Gasteiger charge is 2.05. The molecule has 1 atom stereocenters. The summed E-state index contributed by atoms with van der Waals surface area (Å²) in [5, 5.41) is 12.9. The molecule has 18 heavy (non-hydrogen) atoms. The SMILES string of the molecule is C[C@H](NCc1ccc(O)c(Br)c1)c1ccccc1. The smallest absolute Gasteiger partial charge is 0.129 e. The van der Waals surface area contributed by atoms with E-state index in [2.05, 4.69) is 40.3 Å². The van der Waals surface area contributed by atoms with Crippen LogP contribution >= 0.6 is 15.9 Å². The van der Waals surface area contributed by atoms with Crippen LogP contribution < -0.4 is 5.32 Å². The molecule has 2 nitrogen and oxygen atoms in total. The van der Waals surface area contributed by atoms with E-state index in [1.807, 2.05) is 30.3 Å². The molecular formula is C15H16BrNO. The van der Waals surface area contributed by atoms with Crippen molar-refractivity contribution in [2.45, 2.75) is 19.5 Å². The van der Waals surface area contributed by atoms with Crippen molar-refractivity contribution < 1.29 is 5.11 Å². The summed E-state index contributed by atoms with van der Waals surface area (Å²) in [6.45, 7) is 2.92. The molecule has 0 saturated heterocycles. The summed E-state index contributed by atoms with van der Waals surface area (Å²) < 4.78 is 0.731. The standard InChI is InChI=1S/C15H16BrNO/c1-11(13-5-3-2-4-6-13)17-10-12-7-8-15(18)14(16)9-12/h2-9,11,17-18H,10H2,1H3/t11-/m0/s1. The number of halogens is 1. The Hall–Kier alpha value is -1.32. The molecule has 0 spiro atoms. The van der Waals surface area contributed by atoms with E-state index >= 15 is 0 Å². The number of rotatable bonds is 4. The number of nitrogens with one attached hydrogen (secondary N) is 1. The van der Waals surface area contributed by atoms with Crippen LogP contribution in [0.1, 0.15) is 24.1 Å². The van der Waals surface area contributed by atoms with Crippen LogP contribution in [-0.2, 0) is 6.54 Å². The summed E-state index contributed by atoms with van der Waals surface area (Å²) in [5.41, 5.74) is 2.41. The predicted molar refractivity (Wildman–Crippen MR) is 77.5 cm³/mol. The van der Waals surface area contributed by atoms with E-state index in [0.717, 1.165) is 16.6 Å². The van der Waals surface area contributed by atoms with E-state index in [1.165, 1.54) is 5.56 Å². The Bertz CT molecular complexity index is 513. The molecule has 0 heterocycles. The van der Waals surface area contributed by atoms with Crippen LogP contribution in [0.5, 0.6) is 5.75 Å². The normalized spacial score (nSPS) is 12.3. The average Bonchev–Trinajstić information content (AvgIpc) is 2.41. The lowest BCUT2D eigenvalue weighted by atomic mass is 10.1. The van der Waals surface area contributed by atoms with Crippen molar-refractivity contribution in [3.8, 4) is 5.75 Å². The van der Waals surface area contributed by atoms with Crippen molar-refractivity contribution in [2.75, 3.05) is 0 Å². The lowest BCUT2D eigenvalue weighted by Crippen LogP contribution is -2.17. The second kappa shape index (κ2) is 6.03. The van der Waals surface area contributed by atoms with Crippen molar-refractivity contribution >= 4 is 15.9 Å². The molecule has 0 amide bonds. The Morgan fingerprint density at radius 1 is 1.17 bits per heavy atom. The maximum atomic E-state index is 9.43. The molecule has 0 radical (unpaired) electrons. The predicted octanol–water partition coefficient (Wildman–Crippen LogP) is 4.01. The minimum Gasteiger partial charge on any atom is -0.507 e. The summed E-state index contributed by atoms with van der Waals surface area (Å²) in [6.07, 6.45) is 0. The molecule has 94 valence electrons. The third-order valence-electron chi connectivity index (χ3n) is 2.92. The fraction of sp³-hybridized carbons (Fsp3) is 0.200. The zero-order valence-electron chi connectivity index (χ0n) is 10.2. The minimum absolute atomic E-state index is 0.273. The summed E-state index contributed by atoms with van der Waals surface area (Å²) >= 11 is 3.32. The van der Waals surface area contributed by atoms with E-state index in [1.54, 1.807) is 6.07 Å². The van der Waals surface area contributed by atoms with Crippen LogP contribution in [0.25, 0.3) is 0 Å². The first kappa shape index (κ1) is 13.1. The van der Waals surface area contributed by atoms with Crippen molar-refractivity contribution in [3.63, 3.8) is 0 Å². The number of aromatic hydroxyl groups is 1. The van der Waals surface area contributed by atoms with Crippen LogP contribution in [0.4, 0.5) is 0 Å². The van der Waals surface area contributed by atoms with Crippen LogP contribution in [0.15, 0.2) is 53.0 Å². The van der Waals surface area contributed by atoms with Gasteiger partial charge in [-0.2, -0.15) is 0 Å². The highest BCUT2D eigenvalue weighted by molar-refractivity contribution is 9.10. The fourth-order valence-electron chi connectivity index (χ4n) is 1.79. The van der Waals surface area contributed by atoms with Crippen molar-refractivity contribution in [2.24, 2.45) is 0 Å². The first-order chi connectivity index (χ1) is 8.66. The monoisotopic (exact) mass is 305 g/mol. The molecule has 2 N–H and O–H groups in total. The molecule has 0 unspecified atom stereocenters. The molecular weight excluding hydrogens is 290 g/mol. The third-order valence-corrected chi connectivity index (χ3v) is 3.56. The second-order valence-electron chi connectivity index (χ2n) is 4.30. The van der Waals surface area contributed by atoms with Gasteiger partial charge < -0.3 is 10.4 Å². The first-order valence-electron chi connectivity index (χ1n) is 5.92. The van der Waals surface area contributed by atoms with E-state index in [-0.39, 0.29) is 5.75 Å². The van der Waals surface area contributed by atoms with Gasteiger partial charge in [0.05, 0.1) is 4.47 Å². The Labute approximate surface area is 116 Å². The van der Waals surface area contributed by atoms with Crippen LogP contribution in [0.2, 0.25) is 0 Å². The molecule has 0 aliphatic rings. The number of phenolic OH excluding ortho intramolecular Hbond substituents is 1. The lowest BCUT2D eigenvalue weighted by molar-refractivity contribution is 0.471. The van der Waals surface area contributed by atoms with Gasteiger partial charge in [-0.05, 0) is 46.1 Å². The third kappa shape index (κ3) is 3.34. The van der Waals surface area contributed by atoms with Crippen LogP contribution in [-0.4, -0.2) is 5.11 Å². The first-order valence-corrected chi connectivity index (χ1v) is 6.72. The number of phenols is 1. The molecule has 0 fully saturated rings. The van der Waals surface area contributed by atoms with Gasteiger partial charge in [0, 0.05) is 12.6 Å². The molecule has 0 saturated carbocycles. The number of hydrogen-bond donors (Lipinski definition) is 2. The van der Waals surface area contributed by atoms with Crippen LogP contribution in [0.3, 0.4) is 0 Å². The zero-order valence-corrected chi connectivity index (χ0v) is 11.8. The minimum atomic E-state index is 0.273. The molecule has 2 aromatic carbocycles. The highest BCUT2D eigenvalue weighted by Crippen LogP contribution is 2.24. The molecule has 0 aliphatic carbocycles.